The van der Waals surface area contributed by atoms with Crippen molar-refractivity contribution >= 4 is 0 Å². The van der Waals surface area contributed by atoms with Crippen LogP contribution in [0.15, 0.2) is 48.9 Å². The van der Waals surface area contributed by atoms with E-state index in [0.717, 1.165) is 23.0 Å². The van der Waals surface area contributed by atoms with Gasteiger partial charge in [0.25, 0.3) is 5.95 Å². The Kier molecular flexibility index (Phi) is 6.23. The molecule has 0 spiro atoms. The third-order valence-electron chi connectivity index (χ3n) is 4.78. The molecule has 164 valence electrons. The molecule has 0 saturated heterocycles. The molecule has 2 aliphatic heterocycles. The van der Waals surface area contributed by atoms with E-state index in [1.807, 2.05) is 32.0 Å². The highest BCUT2D eigenvalue weighted by molar-refractivity contribution is 5.48. The summed E-state index contributed by atoms with van der Waals surface area (Å²) in [5.74, 6) is 3.04. The highest BCUT2D eigenvalue weighted by Crippen LogP contribution is 2.41. The lowest BCUT2D eigenvalue weighted by molar-refractivity contribution is -0.0431. The number of benzene rings is 2. The lowest BCUT2D eigenvalue weighted by atomic mass is 9.87. The van der Waals surface area contributed by atoms with Gasteiger partial charge < -0.3 is 18.9 Å². The Hall–Kier alpha value is -2.62. The topological polar surface area (TPSA) is 36.9 Å². The van der Waals surface area contributed by atoms with Gasteiger partial charge in [0.2, 0.25) is 5.79 Å². The summed E-state index contributed by atoms with van der Waals surface area (Å²) in [5, 5.41) is 0. The van der Waals surface area contributed by atoms with Crippen LogP contribution in [0.5, 0.6) is 23.0 Å². The molecule has 0 bridgehead atoms. The van der Waals surface area contributed by atoms with Gasteiger partial charge in [0, 0.05) is 13.8 Å². The minimum Gasteiger partial charge on any atom is -0.449 e. The Balaban J connectivity index is 0.000000207. The second kappa shape index (κ2) is 7.90. The van der Waals surface area contributed by atoms with Gasteiger partial charge >= 0.3 is 0 Å². The Bertz CT molecular complexity index is 927. The third-order valence-corrected chi connectivity index (χ3v) is 4.78. The van der Waals surface area contributed by atoms with E-state index >= 15 is 0 Å². The quantitative estimate of drug-likeness (QED) is 0.453. The Morgan fingerprint density at radius 1 is 0.667 bits per heavy atom. The zero-order valence-electron chi connectivity index (χ0n) is 18.8. The fourth-order valence-electron chi connectivity index (χ4n) is 3.09. The molecule has 4 nitrogen and oxygen atoms in total. The van der Waals surface area contributed by atoms with E-state index in [-0.39, 0.29) is 18.3 Å². The molecule has 2 aromatic rings. The van der Waals surface area contributed by atoms with Crippen molar-refractivity contribution in [2.24, 2.45) is 0 Å². The lowest BCUT2D eigenvalue weighted by Gasteiger charge is -2.19. The highest BCUT2D eigenvalue weighted by atomic mass is 16.7. The van der Waals surface area contributed by atoms with Crippen LogP contribution in [0.3, 0.4) is 0 Å². The first-order chi connectivity index (χ1) is 13.2. The average molecular weight is 413 g/mol. The first-order valence-corrected chi connectivity index (χ1v) is 9.96. The summed E-state index contributed by atoms with van der Waals surface area (Å²) in [4.78, 5) is 0. The highest BCUT2D eigenvalue weighted by Gasteiger charge is 2.32. The van der Waals surface area contributed by atoms with Crippen LogP contribution >= 0.6 is 0 Å². The molecule has 0 aliphatic carbocycles. The van der Waals surface area contributed by atoms with Crippen molar-refractivity contribution in [3.05, 3.63) is 60.0 Å². The molecular weight excluding hydrogens is 376 g/mol. The molecule has 4 heteroatoms. The Morgan fingerprint density at radius 3 is 1.63 bits per heavy atom. The maximum Gasteiger partial charge on any atom is 0.282 e. The van der Waals surface area contributed by atoms with Crippen LogP contribution in [0.1, 0.15) is 73.9 Å². The molecule has 0 N–H and O–H groups in total. The van der Waals surface area contributed by atoms with E-state index < -0.39 is 5.79 Å². The van der Waals surface area contributed by atoms with Gasteiger partial charge in [-0.15, -0.1) is 0 Å². The number of fused-ring (bicyclic) bond motifs is 2. The summed E-state index contributed by atoms with van der Waals surface area (Å²) in [6, 6.07) is 12.2. The molecule has 0 amide bonds. The van der Waals surface area contributed by atoms with Crippen molar-refractivity contribution in [3.8, 4) is 23.0 Å². The van der Waals surface area contributed by atoms with E-state index in [4.69, 9.17) is 18.9 Å². The van der Waals surface area contributed by atoms with Crippen LogP contribution in [-0.2, 0) is 10.8 Å². The molecule has 0 saturated carbocycles. The van der Waals surface area contributed by atoms with Crippen LogP contribution in [-0.4, -0.2) is 5.79 Å². The maximum absolute atomic E-state index is 5.71. The van der Waals surface area contributed by atoms with Crippen LogP contribution < -0.4 is 18.9 Å². The summed E-state index contributed by atoms with van der Waals surface area (Å²) in [6.45, 7) is 20.5. The molecule has 2 aliphatic rings. The molecule has 0 aromatic heterocycles. The molecule has 2 heterocycles. The standard InChI is InChI=1S/C13H18O2.C12H14O2.CH4/c1-12(2,3)9-6-7-10-11(8-9)15-13(4,5)14-10;1-8-13-10-6-5-9(12(2,3)4)7-11(10)14-8;/h6-8H,1-5H3;5-7H,1H2,2-4H3;1H4. The van der Waals surface area contributed by atoms with Gasteiger partial charge in [-0.1, -0.05) is 61.1 Å². The normalized spacial score (nSPS) is 15.8. The SMILES string of the molecule is C.C=C1Oc2ccc(C(C)(C)C)cc2O1.CC1(C)Oc2ccc(C(C)(C)C)cc2O1. The van der Waals surface area contributed by atoms with E-state index in [1.54, 1.807) is 0 Å². The van der Waals surface area contributed by atoms with Crippen molar-refractivity contribution in [1.82, 2.24) is 0 Å². The Morgan fingerprint density at radius 2 is 1.10 bits per heavy atom. The first-order valence-electron chi connectivity index (χ1n) is 9.96. The summed E-state index contributed by atoms with van der Waals surface area (Å²) in [6.07, 6.45) is 0. The predicted molar refractivity (Wildman–Crippen MR) is 123 cm³/mol. The average Bonchev–Trinajstić information content (AvgIpc) is 3.08. The Labute approximate surface area is 181 Å². The van der Waals surface area contributed by atoms with Gasteiger partial charge in [0.05, 0.1) is 0 Å². The van der Waals surface area contributed by atoms with Crippen molar-refractivity contribution in [2.75, 3.05) is 0 Å². The minimum absolute atomic E-state index is 0. The van der Waals surface area contributed by atoms with E-state index in [9.17, 15) is 0 Å². The van der Waals surface area contributed by atoms with E-state index in [1.165, 1.54) is 11.1 Å². The summed E-state index contributed by atoms with van der Waals surface area (Å²) in [5.41, 5.74) is 2.77. The molecule has 4 rings (SSSR count). The monoisotopic (exact) mass is 412 g/mol. The number of hydrogen-bond acceptors (Lipinski definition) is 4. The molecule has 2 aromatic carbocycles. The third kappa shape index (κ3) is 5.29. The number of hydrogen-bond donors (Lipinski definition) is 0. The summed E-state index contributed by atoms with van der Waals surface area (Å²) >= 11 is 0. The zero-order valence-corrected chi connectivity index (χ0v) is 18.8. The van der Waals surface area contributed by atoms with Gasteiger partial charge in [-0.2, -0.15) is 0 Å². The zero-order chi connectivity index (χ0) is 21.6. The van der Waals surface area contributed by atoms with E-state index in [0.29, 0.717) is 5.95 Å². The van der Waals surface area contributed by atoms with Gasteiger partial charge in [-0.05, 0) is 52.8 Å². The predicted octanol–water partition coefficient (Wildman–Crippen LogP) is 7.35. The largest absolute Gasteiger partial charge is 0.449 e. The van der Waals surface area contributed by atoms with Crippen molar-refractivity contribution in [3.63, 3.8) is 0 Å². The van der Waals surface area contributed by atoms with Gasteiger partial charge in [0.15, 0.2) is 23.0 Å². The fraction of sp³-hybridized carbons (Fsp3) is 0.462. The van der Waals surface area contributed by atoms with Crippen LogP contribution in [0.2, 0.25) is 0 Å². The van der Waals surface area contributed by atoms with Crippen molar-refractivity contribution < 1.29 is 18.9 Å². The fourth-order valence-corrected chi connectivity index (χ4v) is 3.09. The first kappa shape index (κ1) is 23.7. The maximum atomic E-state index is 5.71. The van der Waals surface area contributed by atoms with Crippen LogP contribution in [0.4, 0.5) is 0 Å². The molecule has 0 atom stereocenters. The van der Waals surface area contributed by atoms with Crippen molar-refractivity contribution in [1.29, 1.82) is 0 Å². The van der Waals surface area contributed by atoms with E-state index in [2.05, 4.69) is 66.3 Å². The van der Waals surface area contributed by atoms with Crippen LogP contribution in [0.25, 0.3) is 0 Å². The van der Waals surface area contributed by atoms with Gasteiger partial charge in [-0.3, -0.25) is 0 Å². The molecule has 0 unspecified atom stereocenters. The lowest BCUT2D eigenvalue weighted by Crippen LogP contribution is -2.29. The number of ether oxygens (including phenoxy) is 4. The smallest absolute Gasteiger partial charge is 0.282 e. The summed E-state index contributed by atoms with van der Waals surface area (Å²) < 4.78 is 21.9. The molecule has 30 heavy (non-hydrogen) atoms. The van der Waals surface area contributed by atoms with Crippen LogP contribution in [0, 0.1) is 0 Å². The molecule has 0 radical (unpaired) electrons. The molecular formula is C26H36O4. The van der Waals surface area contributed by atoms with Crippen molar-refractivity contribution in [2.45, 2.75) is 79.4 Å². The van der Waals surface area contributed by atoms with Gasteiger partial charge in [0.1, 0.15) is 0 Å². The second-order valence-corrected chi connectivity index (χ2v) is 10.0. The number of rotatable bonds is 0. The minimum atomic E-state index is -0.529. The second-order valence-electron chi connectivity index (χ2n) is 10.0. The molecule has 0 fully saturated rings. The summed E-state index contributed by atoms with van der Waals surface area (Å²) in [7, 11) is 0. The van der Waals surface area contributed by atoms with Gasteiger partial charge in [-0.25, -0.2) is 0 Å².